The molecular formula is C20H24ClN3O2S. The molecule has 2 aromatic carbocycles. The van der Waals surface area contributed by atoms with Crippen LogP contribution in [0.1, 0.15) is 29.8 Å². The largest absolute Gasteiger partial charge is 0.372 e. The molecule has 0 radical (unpaired) electrons. The van der Waals surface area contributed by atoms with E-state index in [0.29, 0.717) is 16.3 Å². The average molecular weight is 406 g/mol. The molecule has 2 amide bonds. The number of carbonyl (C=O) groups excluding carboxylic acids is 2. The van der Waals surface area contributed by atoms with Gasteiger partial charge in [0.25, 0.3) is 5.91 Å². The predicted octanol–water partition coefficient (Wildman–Crippen LogP) is 3.88. The van der Waals surface area contributed by atoms with E-state index < -0.39 is 0 Å². The van der Waals surface area contributed by atoms with Crippen LogP contribution in [0.4, 0.5) is 5.69 Å². The fraction of sp³-hybridized carbons (Fsp3) is 0.300. The van der Waals surface area contributed by atoms with Crippen LogP contribution < -0.4 is 15.8 Å². The Labute approximate surface area is 169 Å². The molecule has 0 unspecified atom stereocenters. The van der Waals surface area contributed by atoms with Gasteiger partial charge in [0.15, 0.2) is 0 Å². The summed E-state index contributed by atoms with van der Waals surface area (Å²) in [7, 11) is 0. The highest BCUT2D eigenvalue weighted by Crippen LogP contribution is 2.16. The molecular weight excluding hydrogens is 382 g/mol. The molecule has 2 aromatic rings. The summed E-state index contributed by atoms with van der Waals surface area (Å²) >= 11 is 7.39. The first-order chi connectivity index (χ1) is 13.0. The monoisotopic (exact) mass is 405 g/mol. The summed E-state index contributed by atoms with van der Waals surface area (Å²) in [5.74, 6) is 0.326. The van der Waals surface area contributed by atoms with Gasteiger partial charge in [-0.2, -0.15) is 0 Å². The number of hydrogen-bond donors (Lipinski definition) is 2. The van der Waals surface area contributed by atoms with E-state index in [2.05, 4.69) is 29.6 Å². The third kappa shape index (κ3) is 6.81. The first-order valence-electron chi connectivity index (χ1n) is 8.79. The maximum atomic E-state index is 12.1. The fourth-order valence-corrected chi connectivity index (χ4v) is 3.52. The number of thioether (sulfide) groups is 1. The lowest BCUT2D eigenvalue weighted by Gasteiger charge is -2.21. The van der Waals surface area contributed by atoms with E-state index in [-0.39, 0.29) is 17.6 Å². The van der Waals surface area contributed by atoms with Crippen LogP contribution in [-0.4, -0.2) is 30.7 Å². The number of nitrogens with zero attached hydrogens (tertiary/aromatic N) is 1. The van der Waals surface area contributed by atoms with Crippen LogP contribution in [0.15, 0.2) is 48.5 Å². The van der Waals surface area contributed by atoms with Crippen LogP contribution in [0.5, 0.6) is 0 Å². The first-order valence-corrected chi connectivity index (χ1v) is 10.3. The number of benzene rings is 2. The van der Waals surface area contributed by atoms with E-state index in [4.69, 9.17) is 11.6 Å². The summed E-state index contributed by atoms with van der Waals surface area (Å²) < 4.78 is 0. The van der Waals surface area contributed by atoms with Crippen molar-refractivity contribution in [2.45, 2.75) is 19.6 Å². The maximum absolute atomic E-state index is 12.1. The Morgan fingerprint density at radius 1 is 1.04 bits per heavy atom. The van der Waals surface area contributed by atoms with E-state index >= 15 is 0 Å². The molecule has 2 rings (SSSR count). The second-order valence-corrected chi connectivity index (χ2v) is 7.27. The zero-order valence-electron chi connectivity index (χ0n) is 15.5. The molecule has 0 aromatic heterocycles. The van der Waals surface area contributed by atoms with E-state index in [1.54, 1.807) is 12.1 Å². The van der Waals surface area contributed by atoms with Crippen LogP contribution in [0, 0.1) is 0 Å². The second kappa shape index (κ2) is 10.8. The summed E-state index contributed by atoms with van der Waals surface area (Å²) in [4.78, 5) is 26.2. The topological polar surface area (TPSA) is 61.4 Å². The lowest BCUT2D eigenvalue weighted by molar-refractivity contribution is -0.119. The summed E-state index contributed by atoms with van der Waals surface area (Å²) in [6.45, 7) is 5.99. The molecule has 144 valence electrons. The lowest BCUT2D eigenvalue weighted by atomic mass is 10.2. The van der Waals surface area contributed by atoms with Gasteiger partial charge in [-0.3, -0.25) is 20.4 Å². The van der Waals surface area contributed by atoms with Crippen molar-refractivity contribution in [2.75, 3.05) is 23.7 Å². The molecule has 0 bridgehead atoms. The third-order valence-corrected chi connectivity index (χ3v) is 5.20. The van der Waals surface area contributed by atoms with Crippen molar-refractivity contribution in [3.05, 3.63) is 64.7 Å². The highest BCUT2D eigenvalue weighted by Gasteiger charge is 2.09. The van der Waals surface area contributed by atoms with Gasteiger partial charge in [-0.15, -0.1) is 11.8 Å². The standard InChI is InChI=1S/C20H24ClN3O2S/c1-3-24(4-2)18-10-8-16(9-11-18)20(26)23-22-19(25)14-27-13-15-6-5-7-17(21)12-15/h5-12H,3-4,13-14H2,1-2H3,(H,22,25)(H,23,26). The van der Waals surface area contributed by atoms with Crippen molar-refractivity contribution >= 4 is 40.9 Å². The Hall–Kier alpha value is -2.18. The Morgan fingerprint density at radius 3 is 2.37 bits per heavy atom. The van der Waals surface area contributed by atoms with Crippen LogP contribution in [0.3, 0.4) is 0 Å². The molecule has 0 saturated heterocycles. The van der Waals surface area contributed by atoms with E-state index in [1.807, 2.05) is 36.4 Å². The Kier molecular flexibility index (Phi) is 8.48. The zero-order chi connectivity index (χ0) is 19.6. The smallest absolute Gasteiger partial charge is 0.269 e. The minimum atomic E-state index is -0.339. The van der Waals surface area contributed by atoms with Crippen molar-refractivity contribution in [3.8, 4) is 0 Å². The van der Waals surface area contributed by atoms with Crippen LogP contribution in [-0.2, 0) is 10.5 Å². The van der Waals surface area contributed by atoms with Crippen molar-refractivity contribution in [1.29, 1.82) is 0 Å². The highest BCUT2D eigenvalue weighted by molar-refractivity contribution is 7.99. The molecule has 7 heteroatoms. The third-order valence-electron chi connectivity index (χ3n) is 3.96. The second-order valence-electron chi connectivity index (χ2n) is 5.84. The minimum Gasteiger partial charge on any atom is -0.372 e. The number of carbonyl (C=O) groups is 2. The Bertz CT molecular complexity index is 764. The number of amides is 2. The van der Waals surface area contributed by atoms with Gasteiger partial charge in [0.1, 0.15) is 0 Å². The molecule has 0 heterocycles. The van der Waals surface area contributed by atoms with Crippen LogP contribution >= 0.6 is 23.4 Å². The van der Waals surface area contributed by atoms with E-state index in [0.717, 1.165) is 24.3 Å². The number of hydrazine groups is 1. The van der Waals surface area contributed by atoms with Gasteiger partial charge in [0.2, 0.25) is 5.91 Å². The SMILES string of the molecule is CCN(CC)c1ccc(C(=O)NNC(=O)CSCc2cccc(Cl)c2)cc1. The molecule has 0 aliphatic carbocycles. The fourth-order valence-electron chi connectivity index (χ4n) is 2.54. The normalized spacial score (nSPS) is 10.3. The van der Waals surface area contributed by atoms with Gasteiger partial charge < -0.3 is 4.90 Å². The molecule has 0 saturated carbocycles. The van der Waals surface area contributed by atoms with Gasteiger partial charge in [-0.1, -0.05) is 23.7 Å². The molecule has 0 aliphatic rings. The van der Waals surface area contributed by atoms with Crippen molar-refractivity contribution < 1.29 is 9.59 Å². The van der Waals surface area contributed by atoms with E-state index in [9.17, 15) is 9.59 Å². The average Bonchev–Trinajstić information content (AvgIpc) is 2.68. The molecule has 0 fully saturated rings. The quantitative estimate of drug-likeness (QED) is 0.654. The molecule has 5 nitrogen and oxygen atoms in total. The highest BCUT2D eigenvalue weighted by atomic mass is 35.5. The number of rotatable bonds is 8. The molecule has 2 N–H and O–H groups in total. The molecule has 0 atom stereocenters. The lowest BCUT2D eigenvalue weighted by Crippen LogP contribution is -2.42. The van der Waals surface area contributed by atoms with Gasteiger partial charge >= 0.3 is 0 Å². The van der Waals surface area contributed by atoms with Gasteiger partial charge in [0, 0.05) is 35.1 Å². The van der Waals surface area contributed by atoms with Gasteiger partial charge in [-0.25, -0.2) is 0 Å². The molecule has 0 aliphatic heterocycles. The zero-order valence-corrected chi connectivity index (χ0v) is 17.1. The van der Waals surface area contributed by atoms with Crippen molar-refractivity contribution in [2.24, 2.45) is 0 Å². The number of hydrogen-bond acceptors (Lipinski definition) is 4. The molecule has 27 heavy (non-hydrogen) atoms. The van der Waals surface area contributed by atoms with Crippen LogP contribution in [0.2, 0.25) is 5.02 Å². The van der Waals surface area contributed by atoms with Crippen molar-refractivity contribution in [1.82, 2.24) is 10.9 Å². The van der Waals surface area contributed by atoms with Gasteiger partial charge in [0.05, 0.1) is 5.75 Å². The Balaban J connectivity index is 1.75. The van der Waals surface area contributed by atoms with Gasteiger partial charge in [-0.05, 0) is 55.8 Å². The predicted molar refractivity (Wildman–Crippen MR) is 113 cm³/mol. The maximum Gasteiger partial charge on any atom is 0.269 e. The van der Waals surface area contributed by atoms with E-state index in [1.165, 1.54) is 11.8 Å². The van der Waals surface area contributed by atoms with Crippen LogP contribution in [0.25, 0.3) is 0 Å². The number of nitrogens with one attached hydrogen (secondary N) is 2. The first kappa shape index (κ1) is 21.1. The minimum absolute atomic E-state index is 0.244. The molecule has 0 spiro atoms. The van der Waals surface area contributed by atoms with Crippen molar-refractivity contribution in [3.63, 3.8) is 0 Å². The summed E-state index contributed by atoms with van der Waals surface area (Å²) in [5.41, 5.74) is 7.51. The summed E-state index contributed by atoms with van der Waals surface area (Å²) in [6, 6.07) is 14.8. The number of anilines is 1. The summed E-state index contributed by atoms with van der Waals surface area (Å²) in [5, 5.41) is 0.678. The Morgan fingerprint density at radius 2 is 1.74 bits per heavy atom. The summed E-state index contributed by atoms with van der Waals surface area (Å²) in [6.07, 6.45) is 0. The number of halogens is 1.